The second-order valence-electron chi connectivity index (χ2n) is 4.29. The van der Waals surface area contributed by atoms with E-state index in [1.807, 2.05) is 13.8 Å². The molecule has 1 amide bonds. The van der Waals surface area contributed by atoms with Gasteiger partial charge in [-0.15, -0.1) is 11.3 Å². The normalized spacial score (nSPS) is 12.4. The van der Waals surface area contributed by atoms with Crippen LogP contribution < -0.4 is 11.1 Å². The van der Waals surface area contributed by atoms with Gasteiger partial charge in [0.1, 0.15) is 6.04 Å². The number of carbonyl (C=O) groups is 2. The molecule has 0 spiro atoms. The summed E-state index contributed by atoms with van der Waals surface area (Å²) in [6.07, 6.45) is 0. The minimum Gasteiger partial charge on any atom is -0.468 e. The Bertz CT molecular complexity index is 429. The van der Waals surface area contributed by atoms with Crippen LogP contribution in [0.2, 0.25) is 0 Å². The number of hydrogen-bond acceptors (Lipinski definition) is 5. The van der Waals surface area contributed by atoms with Gasteiger partial charge in [-0.2, -0.15) is 0 Å². The molecule has 0 saturated heterocycles. The molecule has 100 valence electrons. The van der Waals surface area contributed by atoms with Gasteiger partial charge >= 0.3 is 5.97 Å². The number of primary amides is 1. The van der Waals surface area contributed by atoms with Crippen molar-refractivity contribution in [3.8, 4) is 0 Å². The number of nitrogens with one attached hydrogen (secondary N) is 1. The molecule has 1 aromatic heterocycles. The van der Waals surface area contributed by atoms with Crippen molar-refractivity contribution in [2.24, 2.45) is 11.7 Å². The Hall–Kier alpha value is -1.40. The zero-order chi connectivity index (χ0) is 13.7. The highest BCUT2D eigenvalue weighted by Gasteiger charge is 2.22. The number of hydrogen-bond donors (Lipinski definition) is 2. The molecule has 1 atom stereocenters. The molecule has 0 aliphatic heterocycles. The number of methoxy groups -OCH3 is 1. The number of nitrogens with two attached hydrogens (primary N) is 1. The highest BCUT2D eigenvalue weighted by atomic mass is 32.1. The molecular weight excluding hydrogens is 252 g/mol. The molecular formula is C12H18N2O3S. The van der Waals surface area contributed by atoms with Crippen LogP contribution in [0.4, 0.5) is 0 Å². The van der Waals surface area contributed by atoms with Crippen LogP contribution in [0.3, 0.4) is 0 Å². The van der Waals surface area contributed by atoms with E-state index in [0.29, 0.717) is 12.1 Å². The Labute approximate surface area is 110 Å². The lowest BCUT2D eigenvalue weighted by molar-refractivity contribution is -0.144. The zero-order valence-electron chi connectivity index (χ0n) is 10.7. The number of amides is 1. The van der Waals surface area contributed by atoms with Gasteiger partial charge in [0, 0.05) is 16.8 Å². The van der Waals surface area contributed by atoms with Crippen molar-refractivity contribution in [2.75, 3.05) is 7.11 Å². The van der Waals surface area contributed by atoms with Crippen molar-refractivity contribution in [1.29, 1.82) is 0 Å². The molecule has 0 bridgehead atoms. The van der Waals surface area contributed by atoms with Gasteiger partial charge < -0.3 is 10.5 Å². The first-order valence-electron chi connectivity index (χ1n) is 5.64. The van der Waals surface area contributed by atoms with E-state index in [0.717, 1.165) is 4.88 Å². The molecule has 0 aliphatic rings. The number of thiophene rings is 1. The molecule has 0 unspecified atom stereocenters. The molecule has 1 heterocycles. The van der Waals surface area contributed by atoms with Crippen molar-refractivity contribution in [1.82, 2.24) is 5.32 Å². The van der Waals surface area contributed by atoms with Gasteiger partial charge in [0.05, 0.1) is 12.7 Å². The van der Waals surface area contributed by atoms with Gasteiger partial charge in [-0.1, -0.05) is 13.8 Å². The zero-order valence-corrected chi connectivity index (χ0v) is 11.5. The van der Waals surface area contributed by atoms with Crippen LogP contribution in [0.15, 0.2) is 11.4 Å². The summed E-state index contributed by atoms with van der Waals surface area (Å²) in [5, 5.41) is 4.83. The monoisotopic (exact) mass is 270 g/mol. The van der Waals surface area contributed by atoms with Crippen LogP contribution in [0, 0.1) is 5.92 Å². The van der Waals surface area contributed by atoms with E-state index in [4.69, 9.17) is 10.5 Å². The van der Waals surface area contributed by atoms with Crippen LogP contribution in [0.1, 0.15) is 29.1 Å². The Balaban J connectivity index is 2.61. The summed E-state index contributed by atoms with van der Waals surface area (Å²) >= 11 is 1.44. The SMILES string of the molecule is COC(=O)[C@@H](NCc1cc(C(N)=O)cs1)C(C)C. The Kier molecular flexibility index (Phi) is 5.30. The largest absolute Gasteiger partial charge is 0.468 e. The van der Waals surface area contributed by atoms with Gasteiger partial charge in [0.25, 0.3) is 0 Å². The Morgan fingerprint density at radius 2 is 2.17 bits per heavy atom. The van der Waals surface area contributed by atoms with E-state index in [2.05, 4.69) is 5.32 Å². The van der Waals surface area contributed by atoms with Crippen molar-refractivity contribution >= 4 is 23.2 Å². The molecule has 0 aromatic carbocycles. The molecule has 0 saturated carbocycles. The number of ether oxygens (including phenoxy) is 1. The molecule has 6 heteroatoms. The van der Waals surface area contributed by atoms with Gasteiger partial charge in [-0.3, -0.25) is 14.9 Å². The number of esters is 1. The molecule has 1 aromatic rings. The summed E-state index contributed by atoms with van der Waals surface area (Å²) < 4.78 is 4.73. The maximum Gasteiger partial charge on any atom is 0.323 e. The first kappa shape index (κ1) is 14.7. The highest BCUT2D eigenvalue weighted by Crippen LogP contribution is 2.15. The van der Waals surface area contributed by atoms with E-state index >= 15 is 0 Å². The molecule has 0 fully saturated rings. The average Bonchev–Trinajstić information content (AvgIpc) is 2.77. The van der Waals surface area contributed by atoms with Crippen LogP contribution >= 0.6 is 11.3 Å². The fourth-order valence-electron chi connectivity index (χ4n) is 1.53. The minimum absolute atomic E-state index is 0.132. The fraction of sp³-hybridized carbons (Fsp3) is 0.500. The lowest BCUT2D eigenvalue weighted by Crippen LogP contribution is -2.41. The third kappa shape index (κ3) is 3.82. The molecule has 1 rings (SSSR count). The second-order valence-corrected chi connectivity index (χ2v) is 5.29. The van der Waals surface area contributed by atoms with Crippen molar-refractivity contribution in [2.45, 2.75) is 26.4 Å². The van der Waals surface area contributed by atoms with Crippen molar-refractivity contribution < 1.29 is 14.3 Å². The highest BCUT2D eigenvalue weighted by molar-refractivity contribution is 7.10. The molecule has 0 radical (unpaired) electrons. The summed E-state index contributed by atoms with van der Waals surface area (Å²) in [4.78, 5) is 23.4. The van der Waals surface area contributed by atoms with E-state index in [9.17, 15) is 9.59 Å². The quantitative estimate of drug-likeness (QED) is 0.759. The third-order valence-corrected chi connectivity index (χ3v) is 3.49. The van der Waals surface area contributed by atoms with Gasteiger partial charge in [0.15, 0.2) is 0 Å². The van der Waals surface area contributed by atoms with Crippen molar-refractivity contribution in [3.05, 3.63) is 21.9 Å². The van der Waals surface area contributed by atoms with Crippen molar-refractivity contribution in [3.63, 3.8) is 0 Å². The lowest BCUT2D eigenvalue weighted by atomic mass is 10.0. The minimum atomic E-state index is -0.439. The summed E-state index contributed by atoms with van der Waals surface area (Å²) in [6.45, 7) is 4.39. The second kappa shape index (κ2) is 6.51. The van der Waals surface area contributed by atoms with E-state index in [-0.39, 0.29) is 17.9 Å². The lowest BCUT2D eigenvalue weighted by Gasteiger charge is -2.19. The van der Waals surface area contributed by atoms with Crippen LogP contribution in [0.5, 0.6) is 0 Å². The average molecular weight is 270 g/mol. The summed E-state index contributed by atoms with van der Waals surface area (Å²) in [7, 11) is 1.37. The third-order valence-electron chi connectivity index (χ3n) is 2.56. The standard InChI is InChI=1S/C12H18N2O3S/c1-7(2)10(12(16)17-3)14-5-9-4-8(6-18-9)11(13)15/h4,6-7,10,14H,5H2,1-3H3,(H2,13,15)/t10-/m0/s1. The van der Waals surface area contributed by atoms with Gasteiger partial charge in [0.2, 0.25) is 5.91 Å². The van der Waals surface area contributed by atoms with E-state index in [1.54, 1.807) is 11.4 Å². The molecule has 3 N–H and O–H groups in total. The number of carbonyl (C=O) groups excluding carboxylic acids is 2. The first-order chi connectivity index (χ1) is 8.45. The molecule has 18 heavy (non-hydrogen) atoms. The van der Waals surface area contributed by atoms with Crippen LogP contribution in [-0.2, 0) is 16.1 Å². The fourth-order valence-corrected chi connectivity index (χ4v) is 2.36. The summed E-state index contributed by atoms with van der Waals surface area (Å²) in [5.41, 5.74) is 5.67. The predicted octanol–water partition coefficient (Wildman–Crippen LogP) is 1.13. The topological polar surface area (TPSA) is 81.4 Å². The maximum atomic E-state index is 11.5. The summed E-state index contributed by atoms with van der Waals surface area (Å²) in [6, 6.07) is 1.38. The van der Waals surface area contributed by atoms with Gasteiger partial charge in [-0.25, -0.2) is 0 Å². The smallest absolute Gasteiger partial charge is 0.323 e. The van der Waals surface area contributed by atoms with E-state index < -0.39 is 5.91 Å². The number of rotatable bonds is 6. The maximum absolute atomic E-state index is 11.5. The van der Waals surface area contributed by atoms with E-state index in [1.165, 1.54) is 18.4 Å². The Morgan fingerprint density at radius 3 is 2.61 bits per heavy atom. The van der Waals surface area contributed by atoms with Gasteiger partial charge in [-0.05, 0) is 12.0 Å². The first-order valence-corrected chi connectivity index (χ1v) is 6.52. The molecule has 5 nitrogen and oxygen atoms in total. The Morgan fingerprint density at radius 1 is 1.50 bits per heavy atom. The molecule has 0 aliphatic carbocycles. The predicted molar refractivity (Wildman–Crippen MR) is 70.3 cm³/mol. The van der Waals surface area contributed by atoms with Crippen LogP contribution in [-0.4, -0.2) is 25.0 Å². The summed E-state index contributed by atoms with van der Waals surface area (Å²) in [5.74, 6) is -0.587. The van der Waals surface area contributed by atoms with Crippen LogP contribution in [0.25, 0.3) is 0 Å².